The van der Waals surface area contributed by atoms with Crippen LogP contribution in [0.1, 0.15) is 171 Å². The van der Waals surface area contributed by atoms with Gasteiger partial charge in [-0.3, -0.25) is 0 Å². The number of hydrogen-bond acceptors (Lipinski definition) is 5. The fourth-order valence-corrected chi connectivity index (χ4v) is 19.5. The molecule has 2 fully saturated rings. The third-order valence-electron chi connectivity index (χ3n) is 21.2. The molecule has 1 spiro atoms. The largest absolute Gasteiger partial charge is 0.465 e. The Bertz CT molecular complexity index is 2530. The Hall–Kier alpha value is -3.25. The number of anilines is 3. The van der Waals surface area contributed by atoms with Gasteiger partial charge in [-0.2, -0.15) is 0 Å². The van der Waals surface area contributed by atoms with Gasteiger partial charge < -0.3 is 19.4 Å². The number of ether oxygens (including phenoxy) is 1. The van der Waals surface area contributed by atoms with Crippen LogP contribution in [0.15, 0.2) is 106 Å². The van der Waals surface area contributed by atoms with Gasteiger partial charge >= 0.3 is 0 Å². The first kappa shape index (κ1) is 44.7. The normalized spacial score (nSPS) is 36.1. The molecule has 1 saturated carbocycles. The van der Waals surface area contributed by atoms with Gasteiger partial charge in [-0.05, 0) is 166 Å². The van der Waals surface area contributed by atoms with E-state index in [1.165, 1.54) is 106 Å². The smallest absolute Gasteiger partial charge is 0.207 e. The van der Waals surface area contributed by atoms with Gasteiger partial charge in [-0.15, -0.1) is 11.8 Å². The summed E-state index contributed by atoms with van der Waals surface area (Å²) in [4.78, 5) is 10.8. The van der Waals surface area contributed by atoms with Gasteiger partial charge in [0.2, 0.25) is 6.71 Å². The average Bonchev–Trinajstić information content (AvgIpc) is 3.95. The molecular formula is C62H82BN3OS. The monoisotopic (exact) mass is 928 g/mol. The van der Waals surface area contributed by atoms with Crippen LogP contribution in [0, 0.1) is 39.9 Å². The van der Waals surface area contributed by atoms with Crippen LogP contribution >= 0.6 is 11.8 Å². The number of benzene rings is 1. The van der Waals surface area contributed by atoms with Gasteiger partial charge in [-0.25, -0.2) is 0 Å². The molecule has 1 saturated heterocycles. The molecule has 1 aromatic carbocycles. The van der Waals surface area contributed by atoms with Crippen LogP contribution < -0.4 is 20.2 Å². The molecule has 360 valence electrons. The molecule has 10 unspecified atom stereocenters. The lowest BCUT2D eigenvalue weighted by Crippen LogP contribution is -2.69. The molecule has 0 radical (unpaired) electrons. The summed E-state index contributed by atoms with van der Waals surface area (Å²) in [6.07, 6.45) is 44.5. The van der Waals surface area contributed by atoms with Gasteiger partial charge in [0.05, 0.1) is 12.1 Å². The van der Waals surface area contributed by atoms with Crippen molar-refractivity contribution in [3.63, 3.8) is 0 Å². The maximum Gasteiger partial charge on any atom is 0.207 e. The van der Waals surface area contributed by atoms with Crippen molar-refractivity contribution in [3.05, 3.63) is 106 Å². The van der Waals surface area contributed by atoms with Crippen LogP contribution in [0.2, 0.25) is 5.82 Å². The number of hydrogen-bond donors (Lipinski definition) is 0. The summed E-state index contributed by atoms with van der Waals surface area (Å²) >= 11 is 2.29. The van der Waals surface area contributed by atoms with Crippen LogP contribution in [0.5, 0.6) is 0 Å². The quantitative estimate of drug-likeness (QED) is 0.221. The van der Waals surface area contributed by atoms with E-state index in [9.17, 15) is 0 Å². The van der Waals surface area contributed by atoms with E-state index < -0.39 is 0 Å². The van der Waals surface area contributed by atoms with Gasteiger partial charge in [-0.1, -0.05) is 122 Å². The predicted molar refractivity (Wildman–Crippen MR) is 290 cm³/mol. The molecule has 0 amide bonds. The van der Waals surface area contributed by atoms with Gasteiger partial charge in [0.25, 0.3) is 0 Å². The highest BCUT2D eigenvalue weighted by Gasteiger charge is 2.70. The SMILES string of the molecule is CC1CC=CC2=C1C1C(S2)B2c3c(cc(N(C4=CCC(C(C)(C)C)CC4)C4CC=C(C(C)(C)C)CC4)cc3N3C4C2C=CCC4C2(CCCCC2)C3(C)C)N1C1C=C2OC3=C(C=CCC3)C2CC1. The predicted octanol–water partition coefficient (Wildman–Crippen LogP) is 15.3. The first-order valence-electron chi connectivity index (χ1n) is 28.1. The fraction of sp³-hybridized carbons (Fsp3) is 0.645. The number of rotatable bonds is 4. The molecule has 7 aliphatic carbocycles. The Kier molecular flexibility index (Phi) is 10.4. The lowest BCUT2D eigenvalue weighted by molar-refractivity contribution is 0.0641. The van der Waals surface area contributed by atoms with Gasteiger partial charge in [0, 0.05) is 68.3 Å². The first-order valence-corrected chi connectivity index (χ1v) is 29.0. The highest BCUT2D eigenvalue weighted by molar-refractivity contribution is 8.05. The van der Waals surface area contributed by atoms with Crippen molar-refractivity contribution in [1.29, 1.82) is 0 Å². The third-order valence-corrected chi connectivity index (χ3v) is 22.6. The van der Waals surface area contributed by atoms with Crippen LogP contribution in [-0.4, -0.2) is 41.6 Å². The second-order valence-corrected chi connectivity index (χ2v) is 27.9. The highest BCUT2D eigenvalue weighted by Crippen LogP contribution is 2.68. The van der Waals surface area contributed by atoms with E-state index >= 15 is 0 Å². The van der Waals surface area contributed by atoms with Crippen molar-refractivity contribution in [2.75, 3.05) is 14.7 Å². The molecule has 0 aromatic heterocycles. The molecule has 5 heterocycles. The van der Waals surface area contributed by atoms with Crippen LogP contribution in [0.4, 0.5) is 17.1 Å². The minimum atomic E-state index is 0.0592. The zero-order chi connectivity index (χ0) is 46.6. The van der Waals surface area contributed by atoms with E-state index in [2.05, 4.69) is 156 Å². The van der Waals surface area contributed by atoms with E-state index in [0.29, 0.717) is 64.4 Å². The topological polar surface area (TPSA) is 19.0 Å². The van der Waals surface area contributed by atoms with Crippen LogP contribution in [0.25, 0.3) is 0 Å². The Balaban J connectivity index is 1.05. The summed E-state index contributed by atoms with van der Waals surface area (Å²) in [6, 6.07) is 7.33. The van der Waals surface area contributed by atoms with Crippen molar-refractivity contribution in [2.45, 2.75) is 212 Å². The van der Waals surface area contributed by atoms with Crippen LogP contribution in [0.3, 0.4) is 0 Å². The second-order valence-electron chi connectivity index (χ2n) is 26.7. The summed E-state index contributed by atoms with van der Waals surface area (Å²) < 4.78 is 6.98. The summed E-state index contributed by atoms with van der Waals surface area (Å²) in [5.74, 6) is 5.42. The minimum absolute atomic E-state index is 0.0592. The Morgan fingerprint density at radius 1 is 0.838 bits per heavy atom. The van der Waals surface area contributed by atoms with Crippen molar-refractivity contribution < 1.29 is 4.74 Å². The second kappa shape index (κ2) is 15.9. The maximum absolute atomic E-state index is 6.98. The molecule has 10 atom stereocenters. The summed E-state index contributed by atoms with van der Waals surface area (Å²) in [6.45, 7) is 23.2. The van der Waals surface area contributed by atoms with Crippen molar-refractivity contribution in [1.82, 2.24) is 0 Å². The number of nitrogens with zero attached hydrogens (tertiary/aromatic N) is 3. The standard InChI is InChI=1S/C62H82BN3OS/c1-38-17-15-22-53-54(38)57-58(68-53)63-48-20-16-19-47-56(48)66(61(8,9)62(47)33-13-10-14-34-62)50-36-44(35-49(55(50)63)65(57)43-31-32-46-45-18-11-12-21-51(45)67-52(46)37-43)64(41-27-23-39(24-28-41)59(2,3)4)42-29-25-40(26-30-42)60(5,6)7/h11,15-16,18,20,22-23,29,35-38,40-41,43,46-48,56-58H,10,12-14,17,19,21,24-28,30-34H2,1-9H3. The molecule has 5 aliphatic heterocycles. The summed E-state index contributed by atoms with van der Waals surface area (Å²) in [7, 11) is 0. The van der Waals surface area contributed by atoms with Gasteiger partial charge in [0.1, 0.15) is 11.5 Å². The Morgan fingerprint density at radius 3 is 2.41 bits per heavy atom. The Labute approximate surface area is 416 Å². The van der Waals surface area contributed by atoms with E-state index in [0.717, 1.165) is 31.6 Å². The number of fused-ring (bicyclic) bond motifs is 8. The average molecular weight is 928 g/mol. The number of thioether (sulfide) groups is 1. The lowest BCUT2D eigenvalue weighted by Gasteiger charge is -2.57. The molecule has 0 N–H and O–H groups in total. The minimum Gasteiger partial charge on any atom is -0.465 e. The van der Waals surface area contributed by atoms with Crippen molar-refractivity contribution in [2.24, 2.45) is 39.9 Å². The highest BCUT2D eigenvalue weighted by atomic mass is 32.2. The zero-order valence-corrected chi connectivity index (χ0v) is 44.2. The van der Waals surface area contributed by atoms with E-state index in [-0.39, 0.29) is 17.0 Å². The molecule has 13 rings (SSSR count). The molecule has 1 aromatic rings. The van der Waals surface area contributed by atoms with E-state index in [1.54, 1.807) is 38.6 Å². The van der Waals surface area contributed by atoms with E-state index in [1.807, 2.05) is 0 Å². The summed E-state index contributed by atoms with van der Waals surface area (Å²) in [5, 5.41) is 0.490. The first-order chi connectivity index (χ1) is 32.6. The van der Waals surface area contributed by atoms with Crippen molar-refractivity contribution in [3.8, 4) is 0 Å². The fourth-order valence-electron chi connectivity index (χ4n) is 17.7. The maximum atomic E-state index is 6.98. The van der Waals surface area contributed by atoms with E-state index in [4.69, 9.17) is 4.74 Å². The molecule has 4 nitrogen and oxygen atoms in total. The van der Waals surface area contributed by atoms with Crippen molar-refractivity contribution >= 4 is 41.0 Å². The zero-order valence-electron chi connectivity index (χ0n) is 43.4. The lowest BCUT2D eigenvalue weighted by atomic mass is 9.28. The molecule has 6 heteroatoms. The Morgan fingerprint density at radius 2 is 1.66 bits per heavy atom. The molecular weight excluding hydrogens is 846 g/mol. The molecule has 0 bridgehead atoms. The third kappa shape index (κ3) is 6.51. The summed E-state index contributed by atoms with van der Waals surface area (Å²) in [5.41, 5.74) is 13.8. The van der Waals surface area contributed by atoms with Gasteiger partial charge in [0.15, 0.2) is 0 Å². The number of allylic oxidation sites excluding steroid dienone is 10. The van der Waals surface area contributed by atoms with Crippen LogP contribution in [-0.2, 0) is 4.74 Å². The molecule has 68 heavy (non-hydrogen) atoms. The molecule has 12 aliphatic rings.